The van der Waals surface area contributed by atoms with Crippen LogP contribution < -0.4 is 19.5 Å². The third kappa shape index (κ3) is 3.94. The quantitative estimate of drug-likeness (QED) is 0.815. The Bertz CT molecular complexity index is 717. The molecule has 5 nitrogen and oxygen atoms in total. The maximum atomic E-state index is 12.2. The Morgan fingerprint density at radius 3 is 2.71 bits per heavy atom. The van der Waals surface area contributed by atoms with Gasteiger partial charge in [-0.05, 0) is 55.1 Å². The predicted molar refractivity (Wildman–Crippen MR) is 92.7 cm³/mol. The number of nitrogens with one attached hydrogen (secondary N) is 1. The van der Waals surface area contributed by atoms with E-state index in [9.17, 15) is 4.79 Å². The molecule has 1 aliphatic heterocycles. The normalized spacial score (nSPS) is 13.4. The Kier molecular flexibility index (Phi) is 5.15. The van der Waals surface area contributed by atoms with E-state index in [2.05, 4.69) is 5.32 Å². The van der Waals surface area contributed by atoms with E-state index in [0.29, 0.717) is 18.0 Å². The van der Waals surface area contributed by atoms with Crippen molar-refractivity contribution in [2.24, 2.45) is 0 Å². The average Bonchev–Trinajstić information content (AvgIpc) is 3.08. The second kappa shape index (κ2) is 7.49. The first kappa shape index (κ1) is 16.5. The molecule has 0 radical (unpaired) electrons. The average molecular weight is 345 g/mol. The lowest BCUT2D eigenvalue weighted by Crippen LogP contribution is -2.35. The SMILES string of the molecule is CSc1ccc(OC(C)C(=O)NCc2ccc3c(c2)OCO3)cc1. The van der Waals surface area contributed by atoms with Crippen LogP contribution in [0, 0.1) is 0 Å². The maximum Gasteiger partial charge on any atom is 0.261 e. The van der Waals surface area contributed by atoms with Gasteiger partial charge in [0.05, 0.1) is 0 Å². The molecule has 0 bridgehead atoms. The summed E-state index contributed by atoms with van der Waals surface area (Å²) in [6, 6.07) is 13.3. The minimum atomic E-state index is -0.570. The molecule has 24 heavy (non-hydrogen) atoms. The van der Waals surface area contributed by atoms with Crippen LogP contribution in [0.5, 0.6) is 17.2 Å². The van der Waals surface area contributed by atoms with Crippen LogP contribution in [-0.2, 0) is 11.3 Å². The highest BCUT2D eigenvalue weighted by Gasteiger charge is 2.16. The molecule has 0 aromatic heterocycles. The van der Waals surface area contributed by atoms with Crippen LogP contribution in [0.1, 0.15) is 12.5 Å². The van der Waals surface area contributed by atoms with Crippen LogP contribution in [0.4, 0.5) is 0 Å². The Morgan fingerprint density at radius 1 is 1.21 bits per heavy atom. The zero-order chi connectivity index (χ0) is 16.9. The molecule has 1 atom stereocenters. The molecule has 1 aliphatic rings. The Morgan fingerprint density at radius 2 is 1.96 bits per heavy atom. The minimum Gasteiger partial charge on any atom is -0.481 e. The summed E-state index contributed by atoms with van der Waals surface area (Å²) in [4.78, 5) is 13.3. The van der Waals surface area contributed by atoms with Crippen LogP contribution in [0.3, 0.4) is 0 Å². The summed E-state index contributed by atoms with van der Waals surface area (Å²) >= 11 is 1.66. The summed E-state index contributed by atoms with van der Waals surface area (Å²) in [7, 11) is 0. The van der Waals surface area contributed by atoms with Gasteiger partial charge in [-0.3, -0.25) is 4.79 Å². The van der Waals surface area contributed by atoms with Crippen molar-refractivity contribution in [2.45, 2.75) is 24.5 Å². The van der Waals surface area contributed by atoms with Crippen LogP contribution in [0.15, 0.2) is 47.4 Å². The predicted octanol–water partition coefficient (Wildman–Crippen LogP) is 3.22. The highest BCUT2D eigenvalue weighted by molar-refractivity contribution is 7.98. The largest absolute Gasteiger partial charge is 0.481 e. The van der Waals surface area contributed by atoms with E-state index in [1.165, 1.54) is 0 Å². The number of ether oxygens (including phenoxy) is 3. The highest BCUT2D eigenvalue weighted by Crippen LogP contribution is 2.32. The lowest BCUT2D eigenvalue weighted by Gasteiger charge is -2.15. The van der Waals surface area contributed by atoms with Crippen molar-refractivity contribution in [3.05, 3.63) is 48.0 Å². The second-order valence-electron chi connectivity index (χ2n) is 5.34. The van der Waals surface area contributed by atoms with Crippen LogP contribution in [0.25, 0.3) is 0 Å². The topological polar surface area (TPSA) is 56.8 Å². The number of thioether (sulfide) groups is 1. The fraction of sp³-hybridized carbons (Fsp3) is 0.278. The monoisotopic (exact) mass is 345 g/mol. The standard InChI is InChI=1S/C18H19NO4S/c1-12(23-14-4-6-15(24-2)7-5-14)18(20)19-10-13-3-8-16-17(9-13)22-11-21-16/h3-9,12H,10-11H2,1-2H3,(H,19,20). The van der Waals surface area contributed by atoms with Crippen molar-refractivity contribution < 1.29 is 19.0 Å². The van der Waals surface area contributed by atoms with Crippen molar-refractivity contribution in [2.75, 3.05) is 13.0 Å². The highest BCUT2D eigenvalue weighted by atomic mass is 32.2. The summed E-state index contributed by atoms with van der Waals surface area (Å²) in [5, 5.41) is 2.87. The lowest BCUT2D eigenvalue weighted by molar-refractivity contribution is -0.127. The van der Waals surface area contributed by atoms with Crippen LogP contribution >= 0.6 is 11.8 Å². The molecule has 0 fully saturated rings. The zero-order valence-corrected chi connectivity index (χ0v) is 14.4. The van der Waals surface area contributed by atoms with Crippen molar-refractivity contribution in [1.82, 2.24) is 5.32 Å². The molecule has 1 heterocycles. The van der Waals surface area contributed by atoms with Gasteiger partial charge in [-0.25, -0.2) is 0 Å². The summed E-state index contributed by atoms with van der Waals surface area (Å²) < 4.78 is 16.3. The first-order valence-corrected chi connectivity index (χ1v) is 8.85. The van der Waals surface area contributed by atoms with Gasteiger partial charge in [-0.1, -0.05) is 6.07 Å². The van der Waals surface area contributed by atoms with E-state index in [0.717, 1.165) is 16.2 Å². The van der Waals surface area contributed by atoms with Crippen molar-refractivity contribution in [3.8, 4) is 17.2 Å². The second-order valence-corrected chi connectivity index (χ2v) is 6.22. The van der Waals surface area contributed by atoms with Gasteiger partial charge in [0.25, 0.3) is 5.91 Å². The minimum absolute atomic E-state index is 0.165. The van der Waals surface area contributed by atoms with E-state index in [-0.39, 0.29) is 12.7 Å². The van der Waals surface area contributed by atoms with Gasteiger partial charge in [0, 0.05) is 11.4 Å². The van der Waals surface area contributed by atoms with Gasteiger partial charge in [-0.2, -0.15) is 0 Å². The Balaban J connectivity index is 1.52. The van der Waals surface area contributed by atoms with Crippen molar-refractivity contribution >= 4 is 17.7 Å². The van der Waals surface area contributed by atoms with Crippen molar-refractivity contribution in [1.29, 1.82) is 0 Å². The van der Waals surface area contributed by atoms with E-state index in [4.69, 9.17) is 14.2 Å². The molecule has 0 aliphatic carbocycles. The third-order valence-corrected chi connectivity index (χ3v) is 4.39. The van der Waals surface area contributed by atoms with Gasteiger partial charge >= 0.3 is 0 Å². The van der Waals surface area contributed by atoms with E-state index in [1.807, 2.05) is 48.7 Å². The molecule has 1 N–H and O–H groups in total. The van der Waals surface area contributed by atoms with E-state index < -0.39 is 6.10 Å². The van der Waals surface area contributed by atoms with Crippen LogP contribution in [0.2, 0.25) is 0 Å². The molecular weight excluding hydrogens is 326 g/mol. The van der Waals surface area contributed by atoms with E-state index >= 15 is 0 Å². The maximum absolute atomic E-state index is 12.2. The number of carbonyl (C=O) groups is 1. The molecule has 2 aromatic rings. The third-order valence-electron chi connectivity index (χ3n) is 3.65. The summed E-state index contributed by atoms with van der Waals surface area (Å²) in [5.74, 6) is 1.95. The summed E-state index contributed by atoms with van der Waals surface area (Å²) in [6.07, 6.45) is 1.45. The molecule has 6 heteroatoms. The summed E-state index contributed by atoms with van der Waals surface area (Å²) in [5.41, 5.74) is 0.948. The fourth-order valence-electron chi connectivity index (χ4n) is 2.30. The molecular formula is C18H19NO4S. The molecule has 0 spiro atoms. The number of hydrogen-bond acceptors (Lipinski definition) is 5. The van der Waals surface area contributed by atoms with Crippen LogP contribution in [-0.4, -0.2) is 25.1 Å². The lowest BCUT2D eigenvalue weighted by atomic mass is 10.2. The Hall–Kier alpha value is -2.34. The van der Waals surface area contributed by atoms with Gasteiger partial charge < -0.3 is 19.5 Å². The van der Waals surface area contributed by atoms with Gasteiger partial charge in [0.1, 0.15) is 5.75 Å². The number of amides is 1. The van der Waals surface area contributed by atoms with Gasteiger partial charge in [0.2, 0.25) is 6.79 Å². The number of carbonyl (C=O) groups excluding carboxylic acids is 1. The number of benzene rings is 2. The first-order valence-electron chi connectivity index (χ1n) is 7.62. The summed E-state index contributed by atoms with van der Waals surface area (Å²) in [6.45, 7) is 2.39. The molecule has 0 saturated heterocycles. The van der Waals surface area contributed by atoms with E-state index in [1.54, 1.807) is 18.7 Å². The van der Waals surface area contributed by atoms with Gasteiger partial charge in [-0.15, -0.1) is 11.8 Å². The molecule has 1 amide bonds. The van der Waals surface area contributed by atoms with Gasteiger partial charge in [0.15, 0.2) is 17.6 Å². The smallest absolute Gasteiger partial charge is 0.261 e. The molecule has 1 unspecified atom stereocenters. The molecule has 0 saturated carbocycles. The number of hydrogen-bond donors (Lipinski definition) is 1. The Labute approximate surface area is 145 Å². The zero-order valence-electron chi connectivity index (χ0n) is 13.6. The van der Waals surface area contributed by atoms with Crippen molar-refractivity contribution in [3.63, 3.8) is 0 Å². The molecule has 2 aromatic carbocycles. The molecule has 126 valence electrons. The fourth-order valence-corrected chi connectivity index (χ4v) is 2.70. The number of fused-ring (bicyclic) bond motifs is 1. The number of rotatable bonds is 6. The first-order chi connectivity index (χ1) is 11.7. The molecule has 3 rings (SSSR count).